The molecule has 0 aliphatic heterocycles. The second-order valence-electron chi connectivity index (χ2n) is 5.46. The molecule has 1 aromatic rings. The molecule has 0 spiro atoms. The number of ether oxygens (including phenoxy) is 2. The first-order valence-corrected chi connectivity index (χ1v) is 6.85. The van der Waals surface area contributed by atoms with E-state index < -0.39 is 0 Å². The molecule has 1 saturated carbocycles. The normalized spacial score (nSPS) is 26.5. The van der Waals surface area contributed by atoms with Crippen molar-refractivity contribution in [3.63, 3.8) is 0 Å². The zero-order valence-corrected chi connectivity index (χ0v) is 11.8. The highest BCUT2D eigenvalue weighted by Crippen LogP contribution is 2.35. The molecule has 0 saturated heterocycles. The molecular formula is C16H21NO2. The molecule has 3 unspecified atom stereocenters. The van der Waals surface area contributed by atoms with Crippen molar-refractivity contribution in [3.8, 4) is 17.6 Å². The summed E-state index contributed by atoms with van der Waals surface area (Å²) in [6, 6.07) is 8.28. The van der Waals surface area contributed by atoms with Crippen molar-refractivity contribution in [1.82, 2.24) is 0 Å². The Hall–Kier alpha value is -1.69. The van der Waals surface area contributed by atoms with Crippen LogP contribution in [0.3, 0.4) is 0 Å². The van der Waals surface area contributed by atoms with Gasteiger partial charge in [0.05, 0.1) is 19.1 Å². The van der Waals surface area contributed by atoms with Crippen LogP contribution in [-0.2, 0) is 0 Å². The van der Waals surface area contributed by atoms with E-state index in [4.69, 9.17) is 9.47 Å². The highest BCUT2D eigenvalue weighted by molar-refractivity contribution is 5.42. The first-order chi connectivity index (χ1) is 9.13. The van der Waals surface area contributed by atoms with Crippen molar-refractivity contribution < 1.29 is 9.47 Å². The Morgan fingerprint density at radius 2 is 2.05 bits per heavy atom. The molecule has 1 fully saturated rings. The fourth-order valence-electron chi connectivity index (χ4n) is 2.64. The molecule has 0 bridgehead atoms. The van der Waals surface area contributed by atoms with Gasteiger partial charge in [-0.15, -0.1) is 0 Å². The van der Waals surface area contributed by atoms with Crippen LogP contribution in [-0.4, -0.2) is 13.2 Å². The van der Waals surface area contributed by atoms with Crippen molar-refractivity contribution >= 4 is 0 Å². The molecule has 0 N–H and O–H groups in total. The molecule has 19 heavy (non-hydrogen) atoms. The predicted octanol–water partition coefficient (Wildman–Crippen LogP) is 3.71. The number of benzene rings is 1. The summed E-state index contributed by atoms with van der Waals surface area (Å²) in [6.07, 6.45) is 2.96. The van der Waals surface area contributed by atoms with Gasteiger partial charge in [0.2, 0.25) is 0 Å². The molecule has 2 rings (SSSR count). The number of nitrogens with zero attached hydrogens (tertiary/aromatic N) is 1. The van der Waals surface area contributed by atoms with Crippen molar-refractivity contribution in [3.05, 3.63) is 23.8 Å². The Bertz CT molecular complexity index is 478. The minimum atomic E-state index is -0.0228. The number of methoxy groups -OCH3 is 1. The molecule has 3 atom stereocenters. The fourth-order valence-corrected chi connectivity index (χ4v) is 2.64. The highest BCUT2D eigenvalue weighted by atomic mass is 16.5. The van der Waals surface area contributed by atoms with Gasteiger partial charge in [-0.25, -0.2) is 0 Å². The van der Waals surface area contributed by atoms with Crippen molar-refractivity contribution in [2.45, 2.75) is 39.2 Å². The quantitative estimate of drug-likeness (QED) is 0.831. The van der Waals surface area contributed by atoms with Gasteiger partial charge < -0.3 is 9.47 Å². The van der Waals surface area contributed by atoms with E-state index in [9.17, 15) is 5.26 Å². The van der Waals surface area contributed by atoms with Crippen LogP contribution in [0.1, 0.15) is 31.7 Å². The standard InChI is InChI=1S/C16H21NO2/c1-11-4-6-13(10-17)15(8-11)19-14-7-5-12(2)9-16(14)18-3/h5,7,9,11,13,15H,4,6,8H2,1-3H3. The zero-order chi connectivity index (χ0) is 13.8. The Kier molecular flexibility index (Phi) is 4.31. The lowest BCUT2D eigenvalue weighted by molar-refractivity contribution is 0.0925. The molecule has 0 aromatic heterocycles. The van der Waals surface area contributed by atoms with E-state index in [1.807, 2.05) is 25.1 Å². The topological polar surface area (TPSA) is 42.2 Å². The van der Waals surface area contributed by atoms with Crippen LogP contribution < -0.4 is 9.47 Å². The van der Waals surface area contributed by atoms with Gasteiger partial charge in [0.25, 0.3) is 0 Å². The number of aryl methyl sites for hydroxylation is 1. The summed E-state index contributed by atoms with van der Waals surface area (Å²) in [7, 11) is 1.65. The third-order valence-corrected chi connectivity index (χ3v) is 3.82. The van der Waals surface area contributed by atoms with Crippen molar-refractivity contribution in [2.24, 2.45) is 11.8 Å². The van der Waals surface area contributed by atoms with Crippen LogP contribution >= 0.6 is 0 Å². The van der Waals surface area contributed by atoms with Crippen LogP contribution in [0, 0.1) is 30.1 Å². The number of nitriles is 1. The molecule has 0 radical (unpaired) electrons. The van der Waals surface area contributed by atoms with Gasteiger partial charge >= 0.3 is 0 Å². The van der Waals surface area contributed by atoms with E-state index in [-0.39, 0.29) is 12.0 Å². The average Bonchev–Trinajstić information content (AvgIpc) is 2.41. The van der Waals surface area contributed by atoms with Crippen molar-refractivity contribution in [2.75, 3.05) is 7.11 Å². The van der Waals surface area contributed by atoms with Gasteiger partial charge in [0, 0.05) is 0 Å². The zero-order valence-electron chi connectivity index (χ0n) is 11.8. The molecular weight excluding hydrogens is 238 g/mol. The van der Waals surface area contributed by atoms with E-state index >= 15 is 0 Å². The van der Waals surface area contributed by atoms with E-state index in [0.717, 1.165) is 36.3 Å². The van der Waals surface area contributed by atoms with Crippen molar-refractivity contribution in [1.29, 1.82) is 5.26 Å². The maximum atomic E-state index is 9.24. The van der Waals surface area contributed by atoms with Gasteiger partial charge in [-0.3, -0.25) is 0 Å². The minimum absolute atomic E-state index is 0.0118. The van der Waals surface area contributed by atoms with E-state index in [1.54, 1.807) is 7.11 Å². The lowest BCUT2D eigenvalue weighted by Crippen LogP contribution is -2.32. The largest absolute Gasteiger partial charge is 0.493 e. The van der Waals surface area contributed by atoms with Gasteiger partial charge in [-0.1, -0.05) is 13.0 Å². The molecule has 102 valence electrons. The Balaban J connectivity index is 2.17. The highest BCUT2D eigenvalue weighted by Gasteiger charge is 2.30. The molecule has 0 heterocycles. The summed E-state index contributed by atoms with van der Waals surface area (Å²) in [6.45, 7) is 4.24. The summed E-state index contributed by atoms with van der Waals surface area (Å²) in [5.74, 6) is 2.09. The first kappa shape index (κ1) is 13.7. The summed E-state index contributed by atoms with van der Waals surface area (Å²) >= 11 is 0. The molecule has 1 aromatic carbocycles. The summed E-state index contributed by atoms with van der Waals surface area (Å²) in [5, 5.41) is 9.24. The smallest absolute Gasteiger partial charge is 0.161 e. The molecule has 3 nitrogen and oxygen atoms in total. The maximum Gasteiger partial charge on any atom is 0.161 e. The van der Waals surface area contributed by atoms with Gasteiger partial charge in [0.1, 0.15) is 6.10 Å². The Morgan fingerprint density at radius 1 is 1.26 bits per heavy atom. The third-order valence-electron chi connectivity index (χ3n) is 3.82. The lowest BCUT2D eigenvalue weighted by atomic mass is 9.81. The molecule has 1 aliphatic rings. The van der Waals surface area contributed by atoms with Crippen LogP contribution in [0.5, 0.6) is 11.5 Å². The van der Waals surface area contributed by atoms with Crippen LogP contribution in [0.2, 0.25) is 0 Å². The average molecular weight is 259 g/mol. The minimum Gasteiger partial charge on any atom is -0.493 e. The van der Waals surface area contributed by atoms with Crippen LogP contribution in [0.15, 0.2) is 18.2 Å². The van der Waals surface area contributed by atoms with E-state index in [1.165, 1.54) is 0 Å². The molecule has 0 amide bonds. The SMILES string of the molecule is COc1cc(C)ccc1OC1CC(C)CCC1C#N. The second kappa shape index (κ2) is 5.97. The first-order valence-electron chi connectivity index (χ1n) is 6.85. The van der Waals surface area contributed by atoms with E-state index in [2.05, 4.69) is 13.0 Å². The number of hydrogen-bond donors (Lipinski definition) is 0. The van der Waals surface area contributed by atoms with E-state index in [0.29, 0.717) is 5.92 Å². The molecule has 1 aliphatic carbocycles. The second-order valence-corrected chi connectivity index (χ2v) is 5.46. The lowest BCUT2D eigenvalue weighted by Gasteiger charge is -2.31. The van der Waals surface area contributed by atoms with Gasteiger partial charge in [0.15, 0.2) is 11.5 Å². The summed E-state index contributed by atoms with van der Waals surface area (Å²) in [4.78, 5) is 0. The summed E-state index contributed by atoms with van der Waals surface area (Å²) < 4.78 is 11.4. The molecule has 3 heteroatoms. The van der Waals surface area contributed by atoms with Gasteiger partial charge in [-0.05, 0) is 49.8 Å². The Labute approximate surface area is 115 Å². The monoisotopic (exact) mass is 259 g/mol. The fraction of sp³-hybridized carbons (Fsp3) is 0.562. The Morgan fingerprint density at radius 3 is 2.74 bits per heavy atom. The predicted molar refractivity (Wildman–Crippen MR) is 74.3 cm³/mol. The van der Waals surface area contributed by atoms with Gasteiger partial charge in [-0.2, -0.15) is 5.26 Å². The number of rotatable bonds is 3. The maximum absolute atomic E-state index is 9.24. The van der Waals surface area contributed by atoms with Crippen LogP contribution in [0.4, 0.5) is 0 Å². The third kappa shape index (κ3) is 3.20. The summed E-state index contributed by atoms with van der Waals surface area (Å²) in [5.41, 5.74) is 1.14. The van der Waals surface area contributed by atoms with Crippen LogP contribution in [0.25, 0.3) is 0 Å². The number of hydrogen-bond acceptors (Lipinski definition) is 3.